The van der Waals surface area contributed by atoms with E-state index in [1.807, 2.05) is 33.7 Å². The summed E-state index contributed by atoms with van der Waals surface area (Å²) in [6.45, 7) is 3.48. The molecule has 3 heterocycles. The van der Waals surface area contributed by atoms with Gasteiger partial charge in [-0.15, -0.1) is 0 Å². The molecule has 0 unspecified atom stereocenters. The topological polar surface area (TPSA) is 94.5 Å². The van der Waals surface area contributed by atoms with E-state index in [-0.39, 0.29) is 17.0 Å². The summed E-state index contributed by atoms with van der Waals surface area (Å²) in [5.74, 6) is -0.874. The van der Waals surface area contributed by atoms with Crippen LogP contribution in [0, 0.1) is 5.82 Å². The number of hydrogen-bond donors (Lipinski definition) is 2. The quantitative estimate of drug-likeness (QED) is 0.473. The number of fused-ring (bicyclic) bond motifs is 2. The number of pyridine rings is 1. The van der Waals surface area contributed by atoms with Gasteiger partial charge >= 0.3 is 5.97 Å². The Morgan fingerprint density at radius 1 is 1.15 bits per heavy atom. The highest BCUT2D eigenvalue weighted by Crippen LogP contribution is 2.38. The van der Waals surface area contributed by atoms with Gasteiger partial charge in [-0.2, -0.15) is 0 Å². The predicted octanol–water partition coefficient (Wildman–Crippen LogP) is 3.37. The maximum Gasteiger partial charge on any atom is 0.341 e. The van der Waals surface area contributed by atoms with Crippen LogP contribution in [0.3, 0.4) is 0 Å². The summed E-state index contributed by atoms with van der Waals surface area (Å²) in [7, 11) is 0. The molecule has 2 aromatic heterocycles. The molecule has 1 aliphatic heterocycles. The second-order valence-electron chi connectivity index (χ2n) is 9.10. The van der Waals surface area contributed by atoms with Crippen molar-refractivity contribution in [2.75, 3.05) is 31.1 Å². The van der Waals surface area contributed by atoms with Crippen LogP contribution in [-0.2, 0) is 6.54 Å². The van der Waals surface area contributed by atoms with Crippen LogP contribution >= 0.6 is 0 Å². The van der Waals surface area contributed by atoms with Crippen LogP contribution in [0.5, 0.6) is 0 Å². The number of aromatic nitrogens is 3. The molecule has 1 aliphatic carbocycles. The van der Waals surface area contributed by atoms with E-state index in [4.69, 9.17) is 0 Å². The summed E-state index contributed by atoms with van der Waals surface area (Å²) >= 11 is 0. The first kappa shape index (κ1) is 20.9. The number of H-pyrrole nitrogens is 1. The standard InChI is InChI=1S/C25H24FN5O3/c26-18-11-16-21(31(15-5-6-15)13-17(24(16)32)25(33)34)12-22(18)30-9-7-29(8-10-30)14-23-27-19-3-1-2-4-20(19)28-23/h1-4,11-13,15H,5-10,14H2,(H,27,28)(H,33,34). The van der Waals surface area contributed by atoms with Crippen LogP contribution in [0.1, 0.15) is 35.1 Å². The highest BCUT2D eigenvalue weighted by atomic mass is 19.1. The van der Waals surface area contributed by atoms with Crippen LogP contribution in [-0.4, -0.2) is 56.7 Å². The van der Waals surface area contributed by atoms with Crippen LogP contribution in [0.15, 0.2) is 47.4 Å². The monoisotopic (exact) mass is 461 g/mol. The fraction of sp³-hybridized carbons (Fsp3) is 0.320. The van der Waals surface area contributed by atoms with Gasteiger partial charge in [0.25, 0.3) is 0 Å². The summed E-state index contributed by atoms with van der Waals surface area (Å²) in [5, 5.41) is 9.55. The minimum Gasteiger partial charge on any atom is -0.477 e. The number of imidazole rings is 1. The number of nitrogens with zero attached hydrogens (tertiary/aromatic N) is 4. The number of para-hydroxylation sites is 2. The SMILES string of the molecule is O=C(O)c1cn(C2CC2)c2cc(N3CCN(Cc4nc5ccccc5[nH]4)CC3)c(F)cc2c1=O. The van der Waals surface area contributed by atoms with Gasteiger partial charge in [0.15, 0.2) is 0 Å². The molecule has 0 bridgehead atoms. The lowest BCUT2D eigenvalue weighted by molar-refractivity contribution is 0.0695. The van der Waals surface area contributed by atoms with E-state index in [2.05, 4.69) is 14.9 Å². The van der Waals surface area contributed by atoms with Gasteiger partial charge in [0.05, 0.1) is 28.8 Å². The first-order valence-electron chi connectivity index (χ1n) is 11.5. The predicted molar refractivity (Wildman–Crippen MR) is 127 cm³/mol. The van der Waals surface area contributed by atoms with Crippen molar-refractivity contribution in [2.24, 2.45) is 0 Å². The Hall–Kier alpha value is -3.72. The average molecular weight is 461 g/mol. The van der Waals surface area contributed by atoms with Gasteiger partial charge in [0.1, 0.15) is 17.2 Å². The number of benzene rings is 2. The molecule has 9 heteroatoms. The van der Waals surface area contributed by atoms with Gasteiger partial charge in [-0.3, -0.25) is 9.69 Å². The van der Waals surface area contributed by atoms with E-state index in [9.17, 15) is 14.7 Å². The van der Waals surface area contributed by atoms with Gasteiger partial charge in [-0.1, -0.05) is 12.1 Å². The summed E-state index contributed by atoms with van der Waals surface area (Å²) < 4.78 is 17.0. The number of carbonyl (C=O) groups is 1. The molecular weight excluding hydrogens is 437 g/mol. The number of rotatable bonds is 5. The number of nitrogens with one attached hydrogen (secondary N) is 1. The molecule has 2 aromatic carbocycles. The van der Waals surface area contributed by atoms with E-state index < -0.39 is 17.2 Å². The fourth-order valence-corrected chi connectivity index (χ4v) is 4.85. The van der Waals surface area contributed by atoms with E-state index in [0.717, 1.165) is 42.8 Å². The zero-order valence-electron chi connectivity index (χ0n) is 18.5. The number of carboxylic acids is 1. The Bertz CT molecular complexity index is 1450. The third kappa shape index (κ3) is 3.62. The maximum atomic E-state index is 15.2. The van der Waals surface area contributed by atoms with Gasteiger partial charge < -0.3 is 19.6 Å². The molecule has 2 aliphatic rings. The van der Waals surface area contributed by atoms with Gasteiger partial charge in [-0.25, -0.2) is 14.2 Å². The third-order valence-corrected chi connectivity index (χ3v) is 6.80. The van der Waals surface area contributed by atoms with E-state index >= 15 is 4.39 Å². The maximum absolute atomic E-state index is 15.2. The van der Waals surface area contributed by atoms with Crippen molar-refractivity contribution >= 4 is 33.6 Å². The summed E-state index contributed by atoms with van der Waals surface area (Å²) in [6, 6.07) is 11.0. The Kier molecular flexibility index (Phi) is 4.88. The Morgan fingerprint density at radius 3 is 2.62 bits per heavy atom. The van der Waals surface area contributed by atoms with Crippen molar-refractivity contribution in [3.05, 3.63) is 70.0 Å². The van der Waals surface area contributed by atoms with Crippen molar-refractivity contribution in [1.29, 1.82) is 0 Å². The number of halogens is 1. The third-order valence-electron chi connectivity index (χ3n) is 6.80. The Labute approximate surface area is 194 Å². The molecule has 2 N–H and O–H groups in total. The number of aromatic carboxylic acids is 1. The largest absolute Gasteiger partial charge is 0.477 e. The van der Waals surface area contributed by atoms with Crippen molar-refractivity contribution in [1.82, 2.24) is 19.4 Å². The highest BCUT2D eigenvalue weighted by molar-refractivity contribution is 5.93. The average Bonchev–Trinajstić information content (AvgIpc) is 3.59. The van der Waals surface area contributed by atoms with Crippen molar-refractivity contribution in [3.8, 4) is 0 Å². The highest BCUT2D eigenvalue weighted by Gasteiger charge is 2.28. The lowest BCUT2D eigenvalue weighted by Crippen LogP contribution is -2.46. The second kappa shape index (κ2) is 7.95. The van der Waals surface area contributed by atoms with Crippen LogP contribution in [0.4, 0.5) is 10.1 Å². The summed E-state index contributed by atoms with van der Waals surface area (Å²) in [4.78, 5) is 36.5. The van der Waals surface area contributed by atoms with Crippen molar-refractivity contribution in [3.63, 3.8) is 0 Å². The van der Waals surface area contributed by atoms with Crippen LogP contribution < -0.4 is 10.3 Å². The number of carboxylic acid groups (broad SMARTS) is 1. The summed E-state index contributed by atoms with van der Waals surface area (Å²) in [6.07, 6.45) is 3.26. The minimum absolute atomic E-state index is 0.122. The lowest BCUT2D eigenvalue weighted by atomic mass is 10.1. The molecule has 4 aromatic rings. The molecule has 0 amide bonds. The van der Waals surface area contributed by atoms with E-state index in [0.29, 0.717) is 30.8 Å². The van der Waals surface area contributed by atoms with Gasteiger partial charge in [0.2, 0.25) is 5.43 Å². The molecule has 1 saturated heterocycles. The number of anilines is 1. The Morgan fingerprint density at radius 2 is 1.91 bits per heavy atom. The molecule has 8 nitrogen and oxygen atoms in total. The zero-order chi connectivity index (χ0) is 23.4. The first-order valence-corrected chi connectivity index (χ1v) is 11.5. The van der Waals surface area contributed by atoms with Crippen molar-refractivity contribution in [2.45, 2.75) is 25.4 Å². The van der Waals surface area contributed by atoms with E-state index in [1.54, 1.807) is 6.07 Å². The smallest absolute Gasteiger partial charge is 0.341 e. The molecule has 1 saturated carbocycles. The fourth-order valence-electron chi connectivity index (χ4n) is 4.85. The van der Waals surface area contributed by atoms with Crippen LogP contribution in [0.2, 0.25) is 0 Å². The number of hydrogen-bond acceptors (Lipinski definition) is 5. The second-order valence-corrected chi connectivity index (χ2v) is 9.10. The van der Waals surface area contributed by atoms with Crippen LogP contribution in [0.25, 0.3) is 21.9 Å². The number of aromatic amines is 1. The van der Waals surface area contributed by atoms with Gasteiger partial charge in [-0.05, 0) is 37.1 Å². The molecular formula is C25H24FN5O3. The molecule has 174 valence electrons. The normalized spacial score (nSPS) is 17.0. The number of piperazine rings is 1. The molecule has 0 radical (unpaired) electrons. The van der Waals surface area contributed by atoms with E-state index in [1.165, 1.54) is 12.3 Å². The molecule has 6 rings (SSSR count). The first-order chi connectivity index (χ1) is 16.5. The minimum atomic E-state index is -1.29. The van der Waals surface area contributed by atoms with Gasteiger partial charge in [0, 0.05) is 43.8 Å². The lowest BCUT2D eigenvalue weighted by Gasteiger charge is -2.36. The summed E-state index contributed by atoms with van der Waals surface area (Å²) in [5.41, 5.74) is 2.06. The zero-order valence-corrected chi connectivity index (χ0v) is 18.5. The van der Waals surface area contributed by atoms with Crippen molar-refractivity contribution < 1.29 is 14.3 Å². The molecule has 0 spiro atoms. The molecule has 0 atom stereocenters. The molecule has 2 fully saturated rings. The molecule has 34 heavy (non-hydrogen) atoms. The Balaban J connectivity index is 1.25.